The highest BCUT2D eigenvalue weighted by molar-refractivity contribution is 7.15. The van der Waals surface area contributed by atoms with Crippen molar-refractivity contribution < 1.29 is 22.4 Å². The maximum Gasteiger partial charge on any atom is 0.416 e. The highest BCUT2D eigenvalue weighted by Gasteiger charge is 2.31. The van der Waals surface area contributed by atoms with Crippen LogP contribution in [-0.2, 0) is 19.0 Å². The molecule has 1 aliphatic rings. The van der Waals surface area contributed by atoms with Gasteiger partial charge in [-0.3, -0.25) is 10.1 Å². The number of aryl methyl sites for hydroxylation is 2. The summed E-state index contributed by atoms with van der Waals surface area (Å²) in [6.45, 7) is 0. The first-order valence-corrected chi connectivity index (χ1v) is 9.77. The fraction of sp³-hybridized carbons (Fsp3) is 0.263. The van der Waals surface area contributed by atoms with E-state index in [0.29, 0.717) is 5.13 Å². The Morgan fingerprint density at radius 1 is 1.18 bits per heavy atom. The largest absolute Gasteiger partial charge is 0.451 e. The third-order valence-corrected chi connectivity index (χ3v) is 5.86. The van der Waals surface area contributed by atoms with Crippen molar-refractivity contribution in [3.8, 4) is 11.3 Å². The maximum absolute atomic E-state index is 12.9. The van der Waals surface area contributed by atoms with Crippen LogP contribution in [0, 0.1) is 0 Å². The molecule has 3 aromatic rings. The van der Waals surface area contributed by atoms with E-state index in [0.717, 1.165) is 49.6 Å². The Hall–Kier alpha value is -2.32. The van der Waals surface area contributed by atoms with Gasteiger partial charge in [0.2, 0.25) is 0 Å². The molecule has 0 aliphatic heterocycles. The zero-order valence-electron chi connectivity index (χ0n) is 14.4. The minimum Gasteiger partial charge on any atom is -0.451 e. The molecule has 9 heteroatoms. The molecule has 1 amide bonds. The molecule has 4 nitrogen and oxygen atoms in total. The van der Waals surface area contributed by atoms with Crippen LogP contribution in [-0.4, -0.2) is 10.9 Å². The summed E-state index contributed by atoms with van der Waals surface area (Å²) in [5, 5.41) is 3.28. The van der Waals surface area contributed by atoms with Gasteiger partial charge >= 0.3 is 6.18 Å². The second-order valence-corrected chi connectivity index (χ2v) is 7.90. The number of aromatic nitrogens is 1. The zero-order chi connectivity index (χ0) is 19.9. The van der Waals surface area contributed by atoms with Gasteiger partial charge in [0.25, 0.3) is 5.91 Å². The van der Waals surface area contributed by atoms with Crippen molar-refractivity contribution in [1.82, 2.24) is 4.98 Å². The number of amides is 1. The number of nitrogens with one attached hydrogen (secondary N) is 1. The number of carbonyl (C=O) groups is 1. The molecule has 0 fully saturated rings. The van der Waals surface area contributed by atoms with E-state index in [2.05, 4.69) is 10.3 Å². The highest BCUT2D eigenvalue weighted by atomic mass is 35.5. The average Bonchev–Trinajstić information content (AvgIpc) is 3.27. The standard InChI is InChI=1S/C19H14ClF3N2O2S/c20-12-6-5-10(19(21,22)23)9-11(12)14-7-8-15(27-14)17(26)25-18-24-13-3-1-2-4-16(13)28-18/h5-9H,1-4H2,(H,24,25,26). The number of fused-ring (bicyclic) bond motifs is 1. The number of furan rings is 1. The Kier molecular flexibility index (Phi) is 4.93. The SMILES string of the molecule is O=C(Nc1nc2c(s1)CCCC2)c1ccc(-c2cc(C(F)(F)F)ccc2Cl)o1. The Morgan fingerprint density at radius 3 is 2.71 bits per heavy atom. The number of halogens is 4. The lowest BCUT2D eigenvalue weighted by molar-refractivity contribution is -0.137. The van der Waals surface area contributed by atoms with Crippen molar-refractivity contribution in [2.24, 2.45) is 0 Å². The van der Waals surface area contributed by atoms with E-state index in [1.165, 1.54) is 28.3 Å². The molecule has 0 spiro atoms. The summed E-state index contributed by atoms with van der Waals surface area (Å²) in [5.41, 5.74) is 0.241. The van der Waals surface area contributed by atoms with Crippen molar-refractivity contribution in [2.75, 3.05) is 5.32 Å². The smallest absolute Gasteiger partial charge is 0.416 e. The molecule has 0 radical (unpaired) electrons. The quantitative estimate of drug-likeness (QED) is 0.542. The average molecular weight is 427 g/mol. The van der Waals surface area contributed by atoms with Crippen molar-refractivity contribution >= 4 is 34.0 Å². The number of thiazole rings is 1. The minimum atomic E-state index is -4.50. The second-order valence-electron chi connectivity index (χ2n) is 6.41. The molecule has 2 aromatic heterocycles. The molecule has 146 valence electrons. The normalized spacial score (nSPS) is 14.0. The maximum atomic E-state index is 12.9. The van der Waals surface area contributed by atoms with Crippen LogP contribution in [0.3, 0.4) is 0 Å². The Morgan fingerprint density at radius 2 is 1.96 bits per heavy atom. The molecule has 1 aromatic carbocycles. The predicted octanol–water partition coefficient (Wildman–Crippen LogP) is 6.21. The molecule has 0 unspecified atom stereocenters. The number of alkyl halides is 3. The van der Waals surface area contributed by atoms with E-state index in [1.54, 1.807) is 0 Å². The van der Waals surface area contributed by atoms with Crippen LogP contribution >= 0.6 is 22.9 Å². The first kappa shape index (κ1) is 19.0. The number of benzene rings is 1. The van der Waals surface area contributed by atoms with Crippen LogP contribution < -0.4 is 5.32 Å². The van der Waals surface area contributed by atoms with Crippen molar-refractivity contribution in [1.29, 1.82) is 0 Å². The molecule has 0 bridgehead atoms. The lowest BCUT2D eigenvalue weighted by Gasteiger charge is -2.09. The molecule has 0 saturated carbocycles. The third kappa shape index (κ3) is 3.79. The molecule has 1 aliphatic carbocycles. The molecule has 4 rings (SSSR count). The van der Waals surface area contributed by atoms with E-state index in [4.69, 9.17) is 16.0 Å². The number of rotatable bonds is 3. The van der Waals surface area contributed by atoms with Gasteiger partial charge in [0.05, 0.1) is 16.3 Å². The molecule has 28 heavy (non-hydrogen) atoms. The number of carbonyl (C=O) groups excluding carboxylic acids is 1. The summed E-state index contributed by atoms with van der Waals surface area (Å²) in [6.07, 6.45) is -0.441. The van der Waals surface area contributed by atoms with Crippen LogP contribution in [0.1, 0.15) is 39.5 Å². The predicted molar refractivity (Wildman–Crippen MR) is 101 cm³/mol. The van der Waals surface area contributed by atoms with E-state index in [9.17, 15) is 18.0 Å². The fourth-order valence-electron chi connectivity index (χ4n) is 3.06. The summed E-state index contributed by atoms with van der Waals surface area (Å²) in [4.78, 5) is 18.0. The summed E-state index contributed by atoms with van der Waals surface area (Å²) >= 11 is 7.46. The summed E-state index contributed by atoms with van der Waals surface area (Å²) in [6, 6.07) is 5.77. The van der Waals surface area contributed by atoms with E-state index in [1.807, 2.05) is 0 Å². The van der Waals surface area contributed by atoms with Gasteiger partial charge in [-0.15, -0.1) is 11.3 Å². The van der Waals surface area contributed by atoms with E-state index >= 15 is 0 Å². The minimum absolute atomic E-state index is 0.0309. The van der Waals surface area contributed by atoms with Crippen LogP contribution in [0.5, 0.6) is 0 Å². The van der Waals surface area contributed by atoms with Gasteiger partial charge in [0.15, 0.2) is 10.9 Å². The molecule has 2 heterocycles. The first-order chi connectivity index (χ1) is 13.3. The molecule has 0 atom stereocenters. The Balaban J connectivity index is 1.56. The molecule has 0 saturated heterocycles. The fourth-order valence-corrected chi connectivity index (χ4v) is 4.31. The van der Waals surface area contributed by atoms with Crippen molar-refractivity contribution in [3.05, 3.63) is 57.2 Å². The van der Waals surface area contributed by atoms with Gasteiger partial charge in [-0.1, -0.05) is 11.6 Å². The van der Waals surface area contributed by atoms with Crippen LogP contribution in [0.15, 0.2) is 34.7 Å². The highest BCUT2D eigenvalue weighted by Crippen LogP contribution is 2.36. The Bertz CT molecular complexity index is 1020. The number of anilines is 1. The van der Waals surface area contributed by atoms with Gasteiger partial charge in [-0.05, 0) is 56.0 Å². The van der Waals surface area contributed by atoms with Crippen LogP contribution in [0.4, 0.5) is 18.3 Å². The third-order valence-electron chi connectivity index (χ3n) is 4.46. The number of hydrogen-bond acceptors (Lipinski definition) is 4. The van der Waals surface area contributed by atoms with Gasteiger partial charge in [0, 0.05) is 10.4 Å². The van der Waals surface area contributed by atoms with Gasteiger partial charge in [0.1, 0.15) is 5.76 Å². The summed E-state index contributed by atoms with van der Waals surface area (Å²) in [5.74, 6) is -0.461. The van der Waals surface area contributed by atoms with Crippen LogP contribution in [0.2, 0.25) is 5.02 Å². The lowest BCUT2D eigenvalue weighted by Crippen LogP contribution is -2.10. The van der Waals surface area contributed by atoms with Crippen molar-refractivity contribution in [3.63, 3.8) is 0 Å². The molecule has 1 N–H and O–H groups in total. The zero-order valence-corrected chi connectivity index (χ0v) is 16.0. The monoisotopic (exact) mass is 426 g/mol. The van der Waals surface area contributed by atoms with Gasteiger partial charge in [-0.25, -0.2) is 4.98 Å². The lowest BCUT2D eigenvalue weighted by atomic mass is 10.0. The topological polar surface area (TPSA) is 55.1 Å². The second kappa shape index (κ2) is 7.25. The molecular weight excluding hydrogens is 413 g/mol. The summed E-state index contributed by atoms with van der Waals surface area (Å²) < 4.78 is 44.3. The van der Waals surface area contributed by atoms with E-state index in [-0.39, 0.29) is 22.1 Å². The Labute approximate surface area is 167 Å². The van der Waals surface area contributed by atoms with Gasteiger partial charge in [-0.2, -0.15) is 13.2 Å². The number of nitrogens with zero attached hydrogens (tertiary/aromatic N) is 1. The summed E-state index contributed by atoms with van der Waals surface area (Å²) in [7, 11) is 0. The van der Waals surface area contributed by atoms with E-state index < -0.39 is 17.6 Å². The number of hydrogen-bond donors (Lipinski definition) is 1. The first-order valence-electron chi connectivity index (χ1n) is 8.58. The van der Waals surface area contributed by atoms with Crippen LogP contribution in [0.25, 0.3) is 11.3 Å². The molecular formula is C19H14ClF3N2O2S. The van der Waals surface area contributed by atoms with Crippen molar-refractivity contribution in [2.45, 2.75) is 31.9 Å². The van der Waals surface area contributed by atoms with Gasteiger partial charge < -0.3 is 4.42 Å².